The zero-order chi connectivity index (χ0) is 18.5. The van der Waals surface area contributed by atoms with Crippen LogP contribution in [0.15, 0.2) is 48.5 Å². The number of rotatable bonds is 8. The summed E-state index contributed by atoms with van der Waals surface area (Å²) in [6.45, 7) is 13.6. The highest BCUT2D eigenvalue weighted by atomic mass is 127. The first-order chi connectivity index (χ1) is 11.9. The van der Waals surface area contributed by atoms with Gasteiger partial charge in [0.15, 0.2) is 0 Å². The van der Waals surface area contributed by atoms with E-state index in [2.05, 4.69) is 90.3 Å². The monoisotopic (exact) mass is 594 g/mol. The van der Waals surface area contributed by atoms with Crippen molar-refractivity contribution >= 4 is 11.4 Å². The smallest absolute Gasteiger partial charge is 0.132 e. The van der Waals surface area contributed by atoms with Crippen LogP contribution in [-0.4, -0.2) is 40.3 Å². The van der Waals surface area contributed by atoms with Crippen LogP contribution in [-0.2, 0) is 6.42 Å². The maximum absolute atomic E-state index is 2.31. The van der Waals surface area contributed by atoms with Crippen molar-refractivity contribution in [3.8, 4) is 0 Å². The highest BCUT2D eigenvalue weighted by Crippen LogP contribution is 2.24. The van der Waals surface area contributed by atoms with E-state index in [0.29, 0.717) is 0 Å². The summed E-state index contributed by atoms with van der Waals surface area (Å²) < 4.78 is 2.00. The Morgan fingerprint density at radius 2 is 0.778 bits per heavy atom. The Balaban J connectivity index is 0.00000338. The first-order valence-electron chi connectivity index (χ1n) is 9.78. The van der Waals surface area contributed by atoms with E-state index in [1.807, 2.05) is 0 Å². The maximum Gasteiger partial charge on any atom is 0.132 e. The molecule has 0 unspecified atom stereocenters. The number of nitrogens with zero attached hydrogens (tertiary/aromatic N) is 2. The van der Waals surface area contributed by atoms with Crippen LogP contribution in [0.4, 0.5) is 11.4 Å². The predicted molar refractivity (Wildman–Crippen MR) is 113 cm³/mol. The summed E-state index contributed by atoms with van der Waals surface area (Å²) in [6.07, 6.45) is 1.00. The van der Waals surface area contributed by atoms with Crippen LogP contribution in [0.5, 0.6) is 0 Å². The van der Waals surface area contributed by atoms with E-state index in [1.165, 1.54) is 22.5 Å². The minimum absolute atomic E-state index is 0. The Morgan fingerprint density at radius 3 is 1.00 bits per heavy atom. The molecule has 0 radical (unpaired) electrons. The maximum atomic E-state index is 2.31. The van der Waals surface area contributed by atoms with Crippen LogP contribution < -0.4 is 56.9 Å². The predicted octanol–water partition coefficient (Wildman–Crippen LogP) is -0.761. The fraction of sp³-hybridized carbons (Fsp3) is 0.478. The minimum Gasteiger partial charge on any atom is -1.00 e. The molecule has 0 fully saturated rings. The molecule has 0 saturated carbocycles. The lowest BCUT2D eigenvalue weighted by Gasteiger charge is -2.31. The number of hydrogen-bond acceptors (Lipinski definition) is 0. The zero-order valence-electron chi connectivity index (χ0n) is 17.8. The van der Waals surface area contributed by atoms with E-state index in [-0.39, 0.29) is 48.0 Å². The Bertz CT molecular complexity index is 598. The van der Waals surface area contributed by atoms with Crippen molar-refractivity contribution in [1.82, 2.24) is 8.97 Å². The van der Waals surface area contributed by atoms with Crippen molar-refractivity contribution in [2.45, 2.75) is 34.1 Å². The molecule has 0 spiro atoms. The Morgan fingerprint density at radius 1 is 0.519 bits per heavy atom. The molecule has 0 aliphatic carbocycles. The van der Waals surface area contributed by atoms with Gasteiger partial charge in [0, 0.05) is 0 Å². The molecule has 0 amide bonds. The summed E-state index contributed by atoms with van der Waals surface area (Å²) in [5.41, 5.74) is 5.59. The van der Waals surface area contributed by atoms with Crippen LogP contribution in [0.2, 0.25) is 0 Å². The van der Waals surface area contributed by atoms with Crippen LogP contribution >= 0.6 is 0 Å². The molecule has 0 aliphatic heterocycles. The van der Waals surface area contributed by atoms with Gasteiger partial charge in [-0.1, -0.05) is 24.3 Å². The lowest BCUT2D eigenvalue weighted by molar-refractivity contribution is -0.001000. The van der Waals surface area contributed by atoms with Crippen LogP contribution in [0, 0.1) is 0 Å². The highest BCUT2D eigenvalue weighted by molar-refractivity contribution is 5.47. The quantitative estimate of drug-likeness (QED) is 0.279. The molecular formula is C23H36I2N2. The van der Waals surface area contributed by atoms with Gasteiger partial charge >= 0.3 is 0 Å². The summed E-state index contributed by atoms with van der Waals surface area (Å²) in [5, 5.41) is 0. The first kappa shape index (κ1) is 26.8. The van der Waals surface area contributed by atoms with Gasteiger partial charge < -0.3 is 48.0 Å². The van der Waals surface area contributed by atoms with Gasteiger partial charge in [-0.25, -0.2) is 0 Å². The molecule has 2 nitrogen and oxygen atoms in total. The largest absolute Gasteiger partial charge is 1.00 e. The second kappa shape index (κ2) is 11.7. The third-order valence-corrected chi connectivity index (χ3v) is 6.32. The number of halogens is 2. The molecule has 2 aromatic carbocycles. The Hall–Kier alpha value is -0.180. The van der Waals surface area contributed by atoms with Crippen molar-refractivity contribution in [3.63, 3.8) is 0 Å². The Kier molecular flexibility index (Phi) is 11.7. The third-order valence-electron chi connectivity index (χ3n) is 6.32. The van der Waals surface area contributed by atoms with Gasteiger partial charge in [0.2, 0.25) is 0 Å². The summed E-state index contributed by atoms with van der Waals surface area (Å²) >= 11 is 0. The van der Waals surface area contributed by atoms with E-state index in [4.69, 9.17) is 0 Å². The average molecular weight is 594 g/mol. The molecule has 0 bridgehead atoms. The van der Waals surface area contributed by atoms with Crippen molar-refractivity contribution in [2.24, 2.45) is 0 Å². The van der Waals surface area contributed by atoms with Crippen molar-refractivity contribution < 1.29 is 48.0 Å². The van der Waals surface area contributed by atoms with Crippen molar-refractivity contribution in [2.75, 3.05) is 40.3 Å². The fourth-order valence-electron chi connectivity index (χ4n) is 3.36. The molecular weight excluding hydrogens is 558 g/mol. The van der Waals surface area contributed by atoms with Gasteiger partial charge in [-0.15, -0.1) is 0 Å². The molecule has 2 aromatic rings. The SMILES string of the molecule is CC[N+](C)(CC)c1ccc(Cc2ccc([N+](C)(CC)CC)cc2)cc1.[I-].[I-]. The Labute approximate surface area is 201 Å². The second-order valence-corrected chi connectivity index (χ2v) is 7.57. The van der Waals surface area contributed by atoms with Gasteiger partial charge in [-0.3, -0.25) is 8.97 Å². The van der Waals surface area contributed by atoms with Gasteiger partial charge in [-0.05, 0) is 69.5 Å². The number of benzene rings is 2. The number of hydrogen-bond donors (Lipinski definition) is 0. The summed E-state index contributed by atoms with van der Waals surface area (Å²) in [4.78, 5) is 0. The lowest BCUT2D eigenvalue weighted by Crippen LogP contribution is -3.00. The highest BCUT2D eigenvalue weighted by Gasteiger charge is 2.21. The second-order valence-electron chi connectivity index (χ2n) is 7.57. The molecule has 0 heterocycles. The van der Waals surface area contributed by atoms with E-state index in [9.17, 15) is 0 Å². The molecule has 27 heavy (non-hydrogen) atoms. The number of quaternary nitrogens is 2. The molecule has 0 atom stereocenters. The van der Waals surface area contributed by atoms with Gasteiger partial charge in [0.25, 0.3) is 0 Å². The standard InChI is InChI=1S/C23H36N2.2HI/c1-7-24(5,8-2)22-15-11-20(12-16-22)19-21-13-17-23(18-14-21)25(6,9-3)10-4;;/h11-18H,7-10,19H2,1-6H3;2*1H/q+2;;/p-2. The van der Waals surface area contributed by atoms with Crippen LogP contribution in [0.25, 0.3) is 0 Å². The lowest BCUT2D eigenvalue weighted by atomic mass is 10.0. The third kappa shape index (κ3) is 6.41. The average Bonchev–Trinajstić information content (AvgIpc) is 2.68. The van der Waals surface area contributed by atoms with Crippen molar-refractivity contribution in [1.29, 1.82) is 0 Å². The minimum atomic E-state index is 0. The van der Waals surface area contributed by atoms with E-state index >= 15 is 0 Å². The topological polar surface area (TPSA) is 0 Å². The van der Waals surface area contributed by atoms with E-state index in [1.54, 1.807) is 0 Å². The van der Waals surface area contributed by atoms with Crippen molar-refractivity contribution in [3.05, 3.63) is 59.7 Å². The molecule has 0 aliphatic rings. The van der Waals surface area contributed by atoms with Gasteiger partial charge in [0.05, 0.1) is 40.3 Å². The zero-order valence-corrected chi connectivity index (χ0v) is 22.1. The van der Waals surface area contributed by atoms with E-state index < -0.39 is 0 Å². The molecule has 152 valence electrons. The van der Waals surface area contributed by atoms with Gasteiger partial charge in [0.1, 0.15) is 11.4 Å². The molecule has 0 N–H and O–H groups in total. The normalized spacial score (nSPS) is 11.5. The van der Waals surface area contributed by atoms with E-state index in [0.717, 1.165) is 41.6 Å². The molecule has 2 rings (SSSR count). The summed E-state index contributed by atoms with van der Waals surface area (Å²) in [5.74, 6) is 0. The summed E-state index contributed by atoms with van der Waals surface area (Å²) in [7, 11) is 4.62. The summed E-state index contributed by atoms with van der Waals surface area (Å²) in [6, 6.07) is 18.4. The fourth-order valence-corrected chi connectivity index (χ4v) is 3.36. The molecule has 0 saturated heterocycles. The van der Waals surface area contributed by atoms with Gasteiger partial charge in [-0.2, -0.15) is 0 Å². The molecule has 0 aromatic heterocycles. The van der Waals surface area contributed by atoms with Crippen LogP contribution in [0.3, 0.4) is 0 Å². The first-order valence-corrected chi connectivity index (χ1v) is 9.78. The molecule has 4 heteroatoms. The van der Waals surface area contributed by atoms with Crippen LogP contribution in [0.1, 0.15) is 38.8 Å².